The first-order valence-electron chi connectivity index (χ1n) is 6.91. The summed E-state index contributed by atoms with van der Waals surface area (Å²) in [6, 6.07) is 5.38. The number of anilines is 1. The summed E-state index contributed by atoms with van der Waals surface area (Å²) in [5.74, 6) is 0. The second-order valence-electron chi connectivity index (χ2n) is 5.06. The lowest BCUT2D eigenvalue weighted by Gasteiger charge is -2.24. The van der Waals surface area contributed by atoms with Gasteiger partial charge in [0.05, 0.1) is 11.5 Å². The largest absolute Gasteiger partial charge is 0.385 e. The van der Waals surface area contributed by atoms with Crippen LogP contribution in [0.5, 0.6) is 0 Å². The quantitative estimate of drug-likeness (QED) is 0.639. The molecule has 0 radical (unpaired) electrons. The Morgan fingerprint density at radius 1 is 1.55 bits per heavy atom. The predicted molar refractivity (Wildman–Crippen MR) is 78.0 cm³/mol. The van der Waals surface area contributed by atoms with Gasteiger partial charge in [0.15, 0.2) is 0 Å². The molecule has 0 spiro atoms. The maximum Gasteiger partial charge on any atom is 0.269 e. The molecule has 1 aromatic rings. The van der Waals surface area contributed by atoms with Gasteiger partial charge in [-0.1, -0.05) is 0 Å². The van der Waals surface area contributed by atoms with E-state index in [-0.39, 0.29) is 10.6 Å². The number of nitro benzene ring substituents is 1. The van der Waals surface area contributed by atoms with Crippen LogP contribution in [0.15, 0.2) is 18.2 Å². The Hall–Kier alpha value is -1.66. The molecule has 0 amide bonds. The molecular formula is C14H21N3O3. The van der Waals surface area contributed by atoms with Gasteiger partial charge in [-0.15, -0.1) is 0 Å². The summed E-state index contributed by atoms with van der Waals surface area (Å²) in [4.78, 5) is 12.8. The van der Waals surface area contributed by atoms with E-state index >= 15 is 0 Å². The summed E-state index contributed by atoms with van der Waals surface area (Å²) in [6.07, 6.45) is 1.02. The molecule has 0 bridgehead atoms. The number of rotatable bonds is 6. The highest BCUT2D eigenvalue weighted by Gasteiger charge is 2.21. The van der Waals surface area contributed by atoms with Crippen LogP contribution >= 0.6 is 0 Å². The molecule has 0 aliphatic carbocycles. The van der Waals surface area contributed by atoms with E-state index in [1.54, 1.807) is 18.2 Å². The van der Waals surface area contributed by atoms with Gasteiger partial charge in [-0.2, -0.15) is 0 Å². The van der Waals surface area contributed by atoms with Crippen molar-refractivity contribution >= 4 is 11.4 Å². The van der Waals surface area contributed by atoms with Crippen LogP contribution in [0.4, 0.5) is 11.4 Å². The normalized spacial score (nSPS) is 18.4. The predicted octanol–water partition coefficient (Wildman–Crippen LogP) is 2.25. The van der Waals surface area contributed by atoms with Crippen molar-refractivity contribution in [2.24, 2.45) is 0 Å². The summed E-state index contributed by atoms with van der Waals surface area (Å²) < 4.78 is 5.39. The van der Waals surface area contributed by atoms with Crippen LogP contribution in [0.3, 0.4) is 0 Å². The van der Waals surface area contributed by atoms with E-state index in [0.29, 0.717) is 12.6 Å². The summed E-state index contributed by atoms with van der Waals surface area (Å²) in [5.41, 5.74) is 2.05. The molecule has 6 heteroatoms. The first-order chi connectivity index (χ1) is 9.61. The number of nitrogens with one attached hydrogen (secondary N) is 1. The lowest BCUT2D eigenvalue weighted by molar-refractivity contribution is -0.384. The number of hydrogen-bond donors (Lipinski definition) is 1. The van der Waals surface area contributed by atoms with Gasteiger partial charge in [0.1, 0.15) is 0 Å². The zero-order valence-corrected chi connectivity index (χ0v) is 12.0. The Morgan fingerprint density at radius 2 is 2.35 bits per heavy atom. The van der Waals surface area contributed by atoms with Gasteiger partial charge in [-0.05, 0) is 32.0 Å². The number of non-ortho nitro benzene ring substituents is 1. The Labute approximate surface area is 118 Å². The van der Waals surface area contributed by atoms with Gasteiger partial charge in [-0.3, -0.25) is 15.0 Å². The smallest absolute Gasteiger partial charge is 0.269 e. The third-order valence-corrected chi connectivity index (χ3v) is 3.62. The van der Waals surface area contributed by atoms with Crippen molar-refractivity contribution in [1.29, 1.82) is 0 Å². The van der Waals surface area contributed by atoms with Gasteiger partial charge >= 0.3 is 0 Å². The number of likely N-dealkylation sites (N-methyl/N-ethyl adjacent to an activating group) is 1. The summed E-state index contributed by atoms with van der Waals surface area (Å²) in [7, 11) is 2.04. The average molecular weight is 279 g/mol. The van der Waals surface area contributed by atoms with E-state index in [1.165, 1.54) is 0 Å². The highest BCUT2D eigenvalue weighted by molar-refractivity contribution is 5.56. The number of benzene rings is 1. The lowest BCUT2D eigenvalue weighted by atomic mass is 10.1. The average Bonchev–Trinajstić information content (AvgIpc) is 2.94. The van der Waals surface area contributed by atoms with Crippen LogP contribution < -0.4 is 5.32 Å². The monoisotopic (exact) mass is 279 g/mol. The van der Waals surface area contributed by atoms with Crippen LogP contribution in [0, 0.1) is 10.1 Å². The standard InChI is InChI=1S/C14H21N3O3/c1-3-15-14-5-4-12(17(18)19)8-11(14)9-16(2)13-6-7-20-10-13/h4-5,8,13,15H,3,6-7,9-10H2,1-2H3. The highest BCUT2D eigenvalue weighted by atomic mass is 16.6. The van der Waals surface area contributed by atoms with E-state index in [1.807, 2.05) is 14.0 Å². The van der Waals surface area contributed by atoms with Crippen LogP contribution in [0.2, 0.25) is 0 Å². The van der Waals surface area contributed by atoms with Crippen molar-refractivity contribution in [3.8, 4) is 0 Å². The molecule has 1 heterocycles. The number of hydrogen-bond acceptors (Lipinski definition) is 5. The molecule has 20 heavy (non-hydrogen) atoms. The van der Waals surface area contributed by atoms with Crippen LogP contribution in [-0.2, 0) is 11.3 Å². The molecule has 1 fully saturated rings. The maximum atomic E-state index is 10.9. The molecule has 1 saturated heterocycles. The molecule has 0 saturated carbocycles. The Balaban J connectivity index is 2.17. The Bertz CT molecular complexity index is 473. The second-order valence-corrected chi connectivity index (χ2v) is 5.06. The zero-order valence-electron chi connectivity index (χ0n) is 12.0. The lowest BCUT2D eigenvalue weighted by Crippen LogP contribution is -2.31. The third kappa shape index (κ3) is 3.46. The second kappa shape index (κ2) is 6.67. The summed E-state index contributed by atoms with van der Waals surface area (Å²) in [6.45, 7) is 5.02. The molecule has 110 valence electrons. The van der Waals surface area contributed by atoms with Crippen molar-refractivity contribution in [1.82, 2.24) is 4.90 Å². The highest BCUT2D eigenvalue weighted by Crippen LogP contribution is 2.24. The molecule has 1 atom stereocenters. The third-order valence-electron chi connectivity index (χ3n) is 3.62. The van der Waals surface area contributed by atoms with Crippen molar-refractivity contribution in [3.05, 3.63) is 33.9 Å². The molecular weight excluding hydrogens is 258 g/mol. The van der Waals surface area contributed by atoms with E-state index in [2.05, 4.69) is 10.2 Å². The molecule has 2 rings (SSSR count). The van der Waals surface area contributed by atoms with E-state index in [4.69, 9.17) is 4.74 Å². The summed E-state index contributed by atoms with van der Waals surface area (Å²) in [5, 5.41) is 14.2. The fourth-order valence-corrected chi connectivity index (χ4v) is 2.45. The van der Waals surface area contributed by atoms with Crippen molar-refractivity contribution < 1.29 is 9.66 Å². The molecule has 1 aliphatic heterocycles. The van der Waals surface area contributed by atoms with Gasteiger partial charge in [-0.25, -0.2) is 0 Å². The maximum absolute atomic E-state index is 10.9. The Kier molecular flexibility index (Phi) is 4.92. The number of nitro groups is 1. The first-order valence-corrected chi connectivity index (χ1v) is 6.91. The van der Waals surface area contributed by atoms with Gasteiger partial charge < -0.3 is 10.1 Å². The van der Waals surface area contributed by atoms with Crippen LogP contribution in [0.25, 0.3) is 0 Å². The fourth-order valence-electron chi connectivity index (χ4n) is 2.45. The van der Waals surface area contributed by atoms with Gasteiger partial charge in [0.25, 0.3) is 5.69 Å². The SMILES string of the molecule is CCNc1ccc([N+](=O)[O-])cc1CN(C)C1CCOC1. The topological polar surface area (TPSA) is 67.6 Å². The zero-order chi connectivity index (χ0) is 14.5. The number of ether oxygens (including phenoxy) is 1. The molecule has 1 unspecified atom stereocenters. The van der Waals surface area contributed by atoms with E-state index in [0.717, 1.165) is 37.4 Å². The van der Waals surface area contributed by atoms with Crippen molar-refractivity contribution in [2.75, 3.05) is 32.1 Å². The van der Waals surface area contributed by atoms with Crippen molar-refractivity contribution in [3.63, 3.8) is 0 Å². The van der Waals surface area contributed by atoms with Gasteiger partial charge in [0.2, 0.25) is 0 Å². The molecule has 1 aromatic carbocycles. The van der Waals surface area contributed by atoms with E-state index < -0.39 is 0 Å². The summed E-state index contributed by atoms with van der Waals surface area (Å²) >= 11 is 0. The molecule has 0 aromatic heterocycles. The molecule has 6 nitrogen and oxygen atoms in total. The molecule has 1 N–H and O–H groups in total. The first kappa shape index (κ1) is 14.7. The van der Waals surface area contributed by atoms with E-state index in [9.17, 15) is 10.1 Å². The Morgan fingerprint density at radius 3 is 2.95 bits per heavy atom. The minimum atomic E-state index is -0.349. The minimum absolute atomic E-state index is 0.137. The van der Waals surface area contributed by atoms with Crippen LogP contribution in [-0.4, -0.2) is 42.7 Å². The fraction of sp³-hybridized carbons (Fsp3) is 0.571. The van der Waals surface area contributed by atoms with Crippen LogP contribution in [0.1, 0.15) is 18.9 Å². The number of nitrogens with zero attached hydrogens (tertiary/aromatic N) is 2. The minimum Gasteiger partial charge on any atom is -0.385 e. The van der Waals surface area contributed by atoms with Crippen molar-refractivity contribution in [2.45, 2.75) is 25.9 Å². The molecule has 1 aliphatic rings. The van der Waals surface area contributed by atoms with Gasteiger partial charge in [0, 0.05) is 43.6 Å².